The molecule has 0 spiro atoms. The minimum absolute atomic E-state index is 0.131. The molecule has 0 bridgehead atoms. The first-order valence-electron chi connectivity index (χ1n) is 6.40. The number of carboxylic acids is 1. The number of halogens is 1. The van der Waals surface area contributed by atoms with Gasteiger partial charge in [0.05, 0.1) is 5.56 Å². The molecular weight excluding hydrogens is 263 g/mol. The lowest BCUT2D eigenvalue weighted by Gasteiger charge is -2.13. The molecule has 1 aromatic heterocycles. The number of carboxylic acid groups (broad SMARTS) is 1. The zero-order valence-electron chi connectivity index (χ0n) is 11.0. The van der Waals surface area contributed by atoms with Gasteiger partial charge in [0.1, 0.15) is 5.82 Å². The summed E-state index contributed by atoms with van der Waals surface area (Å²) in [6.07, 6.45) is 1.99. The highest BCUT2D eigenvalue weighted by Gasteiger charge is 2.25. The van der Waals surface area contributed by atoms with Gasteiger partial charge in [0.15, 0.2) is 11.9 Å². The maximum absolute atomic E-state index is 13.8. The standard InChI is InChI=1S/C13H15FN4O2/c1-2-3-8-11(13(19)20)18-12(15-16-17-18)9-6-4-5-7-10(9)14/h4-7,11H,2-3,8H2,1H3,(H,19,20). The maximum Gasteiger partial charge on any atom is 0.328 e. The van der Waals surface area contributed by atoms with Crippen molar-refractivity contribution in [2.24, 2.45) is 0 Å². The van der Waals surface area contributed by atoms with Gasteiger partial charge in [0.2, 0.25) is 0 Å². The Balaban J connectivity index is 2.41. The first kappa shape index (κ1) is 14.1. The Labute approximate surface area is 115 Å². The molecule has 1 heterocycles. The Hall–Kier alpha value is -2.31. The quantitative estimate of drug-likeness (QED) is 0.876. The monoisotopic (exact) mass is 278 g/mol. The van der Waals surface area contributed by atoms with Crippen LogP contribution in [0.2, 0.25) is 0 Å². The minimum Gasteiger partial charge on any atom is -0.480 e. The molecule has 0 radical (unpaired) electrons. The predicted octanol–water partition coefficient (Wildman–Crippen LogP) is 2.30. The molecule has 1 unspecified atom stereocenters. The molecule has 6 nitrogen and oxygen atoms in total. The Morgan fingerprint density at radius 1 is 1.45 bits per heavy atom. The van der Waals surface area contributed by atoms with Crippen molar-refractivity contribution >= 4 is 5.97 Å². The smallest absolute Gasteiger partial charge is 0.328 e. The van der Waals surface area contributed by atoms with Gasteiger partial charge in [-0.05, 0) is 29.0 Å². The van der Waals surface area contributed by atoms with Crippen LogP contribution in [0.3, 0.4) is 0 Å². The molecule has 0 fully saturated rings. The van der Waals surface area contributed by atoms with Crippen LogP contribution in [0.1, 0.15) is 32.2 Å². The van der Waals surface area contributed by atoms with Crippen LogP contribution in [-0.2, 0) is 4.79 Å². The number of tetrazole rings is 1. The number of hydrogen-bond acceptors (Lipinski definition) is 4. The summed E-state index contributed by atoms with van der Waals surface area (Å²) >= 11 is 0. The summed E-state index contributed by atoms with van der Waals surface area (Å²) in [6.45, 7) is 1.97. The Morgan fingerprint density at radius 3 is 2.85 bits per heavy atom. The van der Waals surface area contributed by atoms with Gasteiger partial charge in [0, 0.05) is 0 Å². The number of hydrogen-bond donors (Lipinski definition) is 1. The van der Waals surface area contributed by atoms with Crippen molar-refractivity contribution in [2.45, 2.75) is 32.2 Å². The summed E-state index contributed by atoms with van der Waals surface area (Å²) < 4.78 is 15.0. The summed E-state index contributed by atoms with van der Waals surface area (Å²) in [6, 6.07) is 5.13. The second kappa shape index (κ2) is 6.23. The molecule has 1 N–H and O–H groups in total. The molecular formula is C13H15FN4O2. The van der Waals surface area contributed by atoms with Crippen LogP contribution >= 0.6 is 0 Å². The van der Waals surface area contributed by atoms with Crippen molar-refractivity contribution in [3.63, 3.8) is 0 Å². The number of aromatic nitrogens is 4. The van der Waals surface area contributed by atoms with Crippen LogP contribution in [0.4, 0.5) is 4.39 Å². The summed E-state index contributed by atoms with van der Waals surface area (Å²) in [7, 11) is 0. The van der Waals surface area contributed by atoms with E-state index >= 15 is 0 Å². The second-order valence-corrected chi connectivity index (χ2v) is 4.42. The number of aliphatic carboxylic acids is 1. The first-order valence-corrected chi connectivity index (χ1v) is 6.40. The lowest BCUT2D eigenvalue weighted by atomic mass is 10.1. The molecule has 20 heavy (non-hydrogen) atoms. The molecule has 1 atom stereocenters. The number of carbonyl (C=O) groups is 1. The van der Waals surface area contributed by atoms with Gasteiger partial charge in [-0.3, -0.25) is 0 Å². The van der Waals surface area contributed by atoms with Crippen molar-refractivity contribution in [1.82, 2.24) is 20.2 Å². The van der Waals surface area contributed by atoms with Crippen LogP contribution in [-0.4, -0.2) is 31.3 Å². The van der Waals surface area contributed by atoms with Crippen molar-refractivity contribution in [3.05, 3.63) is 30.1 Å². The maximum atomic E-state index is 13.8. The van der Waals surface area contributed by atoms with E-state index in [9.17, 15) is 14.3 Å². The minimum atomic E-state index is -1.02. The van der Waals surface area contributed by atoms with E-state index in [4.69, 9.17) is 0 Å². The highest BCUT2D eigenvalue weighted by molar-refractivity contribution is 5.72. The highest BCUT2D eigenvalue weighted by atomic mass is 19.1. The number of benzene rings is 1. The van der Waals surface area contributed by atoms with E-state index in [1.807, 2.05) is 6.92 Å². The van der Waals surface area contributed by atoms with E-state index in [-0.39, 0.29) is 11.4 Å². The zero-order valence-corrected chi connectivity index (χ0v) is 11.0. The van der Waals surface area contributed by atoms with Crippen LogP contribution in [0.5, 0.6) is 0 Å². The van der Waals surface area contributed by atoms with E-state index < -0.39 is 17.8 Å². The van der Waals surface area contributed by atoms with Gasteiger partial charge < -0.3 is 5.11 Å². The summed E-state index contributed by atoms with van der Waals surface area (Å²) in [5.74, 6) is -1.38. The molecule has 2 aromatic rings. The third-order valence-corrected chi connectivity index (χ3v) is 3.02. The number of nitrogens with zero attached hydrogens (tertiary/aromatic N) is 4. The fraction of sp³-hybridized carbons (Fsp3) is 0.385. The van der Waals surface area contributed by atoms with E-state index in [1.165, 1.54) is 16.8 Å². The van der Waals surface area contributed by atoms with E-state index in [0.29, 0.717) is 6.42 Å². The normalized spacial score (nSPS) is 12.3. The second-order valence-electron chi connectivity index (χ2n) is 4.42. The summed E-state index contributed by atoms with van der Waals surface area (Å²) in [5.41, 5.74) is 0.195. The molecule has 7 heteroatoms. The van der Waals surface area contributed by atoms with Crippen molar-refractivity contribution < 1.29 is 14.3 Å². The van der Waals surface area contributed by atoms with E-state index in [1.54, 1.807) is 12.1 Å². The van der Waals surface area contributed by atoms with E-state index in [2.05, 4.69) is 15.5 Å². The average molecular weight is 278 g/mol. The number of unbranched alkanes of at least 4 members (excludes halogenated alkanes) is 1. The largest absolute Gasteiger partial charge is 0.480 e. The summed E-state index contributed by atoms with van der Waals surface area (Å²) in [5, 5.41) is 20.3. The average Bonchev–Trinajstić information content (AvgIpc) is 2.88. The molecule has 0 aliphatic carbocycles. The zero-order chi connectivity index (χ0) is 14.5. The third-order valence-electron chi connectivity index (χ3n) is 3.02. The molecule has 1 aromatic carbocycles. The van der Waals surface area contributed by atoms with Crippen LogP contribution in [0, 0.1) is 5.82 Å². The van der Waals surface area contributed by atoms with E-state index in [0.717, 1.165) is 12.8 Å². The van der Waals surface area contributed by atoms with Crippen LogP contribution < -0.4 is 0 Å². The first-order chi connectivity index (χ1) is 9.65. The lowest BCUT2D eigenvalue weighted by Crippen LogP contribution is -2.21. The summed E-state index contributed by atoms with van der Waals surface area (Å²) in [4.78, 5) is 11.4. The number of rotatable bonds is 6. The molecule has 0 saturated heterocycles. The van der Waals surface area contributed by atoms with Gasteiger partial charge in [0.25, 0.3) is 0 Å². The third kappa shape index (κ3) is 2.81. The van der Waals surface area contributed by atoms with Crippen molar-refractivity contribution in [2.75, 3.05) is 0 Å². The Morgan fingerprint density at radius 2 is 2.20 bits per heavy atom. The molecule has 106 valence electrons. The highest BCUT2D eigenvalue weighted by Crippen LogP contribution is 2.24. The SMILES string of the molecule is CCCCC(C(=O)O)n1nnnc1-c1ccccc1F. The molecule has 0 amide bonds. The van der Waals surface area contributed by atoms with Crippen LogP contribution in [0.25, 0.3) is 11.4 Å². The van der Waals surface area contributed by atoms with Gasteiger partial charge in [-0.25, -0.2) is 13.9 Å². The fourth-order valence-corrected chi connectivity index (χ4v) is 1.97. The van der Waals surface area contributed by atoms with Gasteiger partial charge in [-0.15, -0.1) is 5.10 Å². The van der Waals surface area contributed by atoms with Gasteiger partial charge in [-0.1, -0.05) is 31.9 Å². The fourth-order valence-electron chi connectivity index (χ4n) is 1.97. The predicted molar refractivity (Wildman–Crippen MR) is 69.4 cm³/mol. The topological polar surface area (TPSA) is 80.9 Å². The molecule has 0 aliphatic rings. The molecule has 0 saturated carbocycles. The van der Waals surface area contributed by atoms with Gasteiger partial charge in [-0.2, -0.15) is 0 Å². The molecule has 2 rings (SSSR count). The van der Waals surface area contributed by atoms with Crippen molar-refractivity contribution in [3.8, 4) is 11.4 Å². The van der Waals surface area contributed by atoms with Gasteiger partial charge >= 0.3 is 5.97 Å². The Bertz CT molecular complexity index is 600. The van der Waals surface area contributed by atoms with Crippen molar-refractivity contribution in [1.29, 1.82) is 0 Å². The molecule has 0 aliphatic heterocycles. The lowest BCUT2D eigenvalue weighted by molar-refractivity contribution is -0.141. The Kier molecular flexibility index (Phi) is 4.39. The van der Waals surface area contributed by atoms with Crippen LogP contribution in [0.15, 0.2) is 24.3 Å².